The van der Waals surface area contributed by atoms with Crippen molar-refractivity contribution >= 4 is 29.1 Å². The second kappa shape index (κ2) is 8.85. The summed E-state index contributed by atoms with van der Waals surface area (Å²) in [5.74, 6) is -0.0227. The molecule has 0 saturated heterocycles. The van der Waals surface area contributed by atoms with E-state index in [2.05, 4.69) is 16.1 Å². The maximum atomic E-state index is 13.2. The number of hydrogen-bond donors (Lipinski definition) is 1. The second-order valence-electron chi connectivity index (χ2n) is 9.72. The lowest BCUT2D eigenvalue weighted by atomic mass is 10.1. The van der Waals surface area contributed by atoms with Gasteiger partial charge >= 0.3 is 0 Å². The van der Waals surface area contributed by atoms with E-state index >= 15 is 0 Å². The fourth-order valence-electron chi connectivity index (χ4n) is 5.04. The number of hydrogen-bond acceptors (Lipinski definition) is 4. The summed E-state index contributed by atoms with van der Waals surface area (Å²) in [4.78, 5) is 45.2. The Morgan fingerprint density at radius 2 is 1.68 bits per heavy atom. The van der Waals surface area contributed by atoms with Crippen LogP contribution < -0.4 is 10.2 Å². The number of nitrogens with zero attached hydrogens (tertiary/aromatic N) is 3. The van der Waals surface area contributed by atoms with Crippen molar-refractivity contribution in [2.24, 2.45) is 0 Å². The van der Waals surface area contributed by atoms with Gasteiger partial charge in [-0.3, -0.25) is 14.4 Å². The lowest BCUT2D eigenvalue weighted by molar-refractivity contribution is 0.0925. The predicted molar refractivity (Wildman–Crippen MR) is 142 cm³/mol. The number of fused-ring (bicyclic) bond motifs is 2. The number of nitrogens with one attached hydrogen (secondary N) is 1. The molecule has 0 aliphatic carbocycles. The van der Waals surface area contributed by atoms with E-state index in [1.807, 2.05) is 56.3 Å². The standard InChI is InChI=1S/C30H26N4O3/c1-18-6-7-19(2)26(15-18)34-29(36)23-13-10-21(16-24(23)30(34)37)28(35)31-22-11-8-20(9-12-22)25-17-33-14-4-3-5-27(33)32-25/h6-13,15-17H,3-5,14H2,1-2H3,(H,31,35). The maximum absolute atomic E-state index is 13.2. The highest BCUT2D eigenvalue weighted by atomic mass is 16.2. The number of anilines is 2. The summed E-state index contributed by atoms with van der Waals surface area (Å²) < 4.78 is 2.22. The summed E-state index contributed by atoms with van der Waals surface area (Å²) in [6, 6.07) is 17.9. The van der Waals surface area contributed by atoms with Crippen molar-refractivity contribution in [1.29, 1.82) is 0 Å². The molecule has 0 radical (unpaired) electrons. The number of imide groups is 1. The van der Waals surface area contributed by atoms with Gasteiger partial charge in [-0.15, -0.1) is 0 Å². The molecule has 184 valence electrons. The summed E-state index contributed by atoms with van der Waals surface area (Å²) in [5.41, 5.74) is 5.76. The van der Waals surface area contributed by atoms with Gasteiger partial charge in [-0.1, -0.05) is 24.3 Å². The maximum Gasteiger partial charge on any atom is 0.266 e. The average Bonchev–Trinajstić information content (AvgIpc) is 3.44. The molecule has 0 unspecified atom stereocenters. The van der Waals surface area contributed by atoms with Crippen LogP contribution in [-0.2, 0) is 13.0 Å². The lowest BCUT2D eigenvalue weighted by Crippen LogP contribution is -2.30. The Kier molecular flexibility index (Phi) is 5.48. The molecule has 37 heavy (non-hydrogen) atoms. The molecule has 7 heteroatoms. The molecule has 0 bridgehead atoms. The van der Waals surface area contributed by atoms with Crippen LogP contribution in [0.1, 0.15) is 60.9 Å². The van der Waals surface area contributed by atoms with E-state index in [0.717, 1.165) is 41.2 Å². The van der Waals surface area contributed by atoms with Crippen LogP contribution in [0.4, 0.5) is 11.4 Å². The molecule has 3 heterocycles. The molecule has 4 aromatic rings. The summed E-state index contributed by atoms with van der Waals surface area (Å²) in [6.07, 6.45) is 5.45. The van der Waals surface area contributed by atoms with Crippen LogP contribution in [-0.4, -0.2) is 27.3 Å². The molecular formula is C30H26N4O3. The van der Waals surface area contributed by atoms with Crippen LogP contribution in [0.3, 0.4) is 0 Å². The Bertz CT molecular complexity index is 1560. The van der Waals surface area contributed by atoms with Crippen molar-refractivity contribution in [3.8, 4) is 11.3 Å². The van der Waals surface area contributed by atoms with E-state index in [0.29, 0.717) is 22.5 Å². The van der Waals surface area contributed by atoms with Crippen molar-refractivity contribution in [3.05, 3.63) is 101 Å². The zero-order chi connectivity index (χ0) is 25.7. The van der Waals surface area contributed by atoms with Gasteiger partial charge in [-0.2, -0.15) is 0 Å². The first-order valence-electron chi connectivity index (χ1n) is 12.5. The minimum atomic E-state index is -0.421. The highest BCUT2D eigenvalue weighted by Crippen LogP contribution is 2.32. The van der Waals surface area contributed by atoms with Gasteiger partial charge in [-0.05, 0) is 74.2 Å². The van der Waals surface area contributed by atoms with Crippen molar-refractivity contribution < 1.29 is 14.4 Å². The number of aryl methyl sites for hydroxylation is 4. The Morgan fingerprint density at radius 3 is 2.46 bits per heavy atom. The summed E-state index contributed by atoms with van der Waals surface area (Å²) in [6.45, 7) is 4.79. The monoisotopic (exact) mass is 490 g/mol. The predicted octanol–water partition coefficient (Wildman–Crippen LogP) is 5.56. The highest BCUT2D eigenvalue weighted by molar-refractivity contribution is 6.35. The Hall–Kier alpha value is -4.52. The molecule has 6 rings (SSSR count). The Labute approximate surface area is 214 Å². The quantitative estimate of drug-likeness (QED) is 0.380. The molecule has 3 aromatic carbocycles. The number of carbonyl (C=O) groups is 3. The van der Waals surface area contributed by atoms with Gasteiger partial charge in [0.05, 0.1) is 22.5 Å². The molecular weight excluding hydrogens is 464 g/mol. The second-order valence-corrected chi connectivity index (χ2v) is 9.72. The number of aromatic nitrogens is 2. The Morgan fingerprint density at radius 1 is 0.892 bits per heavy atom. The fourth-order valence-corrected chi connectivity index (χ4v) is 5.04. The number of benzene rings is 3. The normalized spacial score (nSPS) is 14.5. The van der Waals surface area contributed by atoms with Gasteiger partial charge in [0.15, 0.2) is 0 Å². The molecule has 2 aliphatic rings. The van der Waals surface area contributed by atoms with Gasteiger partial charge in [-0.25, -0.2) is 9.88 Å². The van der Waals surface area contributed by atoms with Gasteiger partial charge in [0.1, 0.15) is 5.82 Å². The first-order valence-corrected chi connectivity index (χ1v) is 12.5. The number of rotatable bonds is 4. The average molecular weight is 491 g/mol. The number of amides is 3. The minimum Gasteiger partial charge on any atom is -0.334 e. The van der Waals surface area contributed by atoms with E-state index in [9.17, 15) is 14.4 Å². The molecule has 0 fully saturated rings. The number of imidazole rings is 1. The van der Waals surface area contributed by atoms with E-state index < -0.39 is 5.91 Å². The third-order valence-corrected chi connectivity index (χ3v) is 7.10. The third kappa shape index (κ3) is 4.02. The van der Waals surface area contributed by atoms with Gasteiger partial charge < -0.3 is 9.88 Å². The van der Waals surface area contributed by atoms with Crippen molar-refractivity contribution in [2.45, 2.75) is 39.7 Å². The molecule has 1 N–H and O–H groups in total. The SMILES string of the molecule is Cc1ccc(C)c(N2C(=O)c3ccc(C(=O)Nc4ccc(-c5cn6c(n5)CCCC6)cc4)cc3C2=O)c1. The minimum absolute atomic E-state index is 0.234. The Balaban J connectivity index is 1.21. The summed E-state index contributed by atoms with van der Waals surface area (Å²) >= 11 is 0. The topological polar surface area (TPSA) is 84.3 Å². The molecule has 0 spiro atoms. The third-order valence-electron chi connectivity index (χ3n) is 7.10. The van der Waals surface area contributed by atoms with Crippen LogP contribution in [0, 0.1) is 13.8 Å². The van der Waals surface area contributed by atoms with Crippen LogP contribution in [0.25, 0.3) is 11.3 Å². The largest absolute Gasteiger partial charge is 0.334 e. The highest BCUT2D eigenvalue weighted by Gasteiger charge is 2.37. The van der Waals surface area contributed by atoms with Gasteiger partial charge in [0.2, 0.25) is 0 Å². The van der Waals surface area contributed by atoms with Gasteiger partial charge in [0.25, 0.3) is 17.7 Å². The summed E-state index contributed by atoms with van der Waals surface area (Å²) in [5, 5.41) is 2.89. The van der Waals surface area contributed by atoms with Gasteiger partial charge in [0, 0.05) is 36.0 Å². The zero-order valence-corrected chi connectivity index (χ0v) is 20.7. The summed E-state index contributed by atoms with van der Waals surface area (Å²) in [7, 11) is 0. The molecule has 2 aliphatic heterocycles. The van der Waals surface area contributed by atoms with Crippen molar-refractivity contribution in [2.75, 3.05) is 10.2 Å². The van der Waals surface area contributed by atoms with Crippen LogP contribution in [0.5, 0.6) is 0 Å². The molecule has 7 nitrogen and oxygen atoms in total. The first-order chi connectivity index (χ1) is 17.9. The van der Waals surface area contributed by atoms with Crippen LogP contribution in [0.15, 0.2) is 66.9 Å². The number of carbonyl (C=O) groups excluding carboxylic acids is 3. The molecule has 0 atom stereocenters. The molecule has 1 aromatic heterocycles. The van der Waals surface area contributed by atoms with E-state index in [1.165, 1.54) is 23.8 Å². The first kappa shape index (κ1) is 22.9. The fraction of sp³-hybridized carbons (Fsp3) is 0.200. The van der Waals surface area contributed by atoms with Crippen LogP contribution in [0.2, 0.25) is 0 Å². The molecule has 3 amide bonds. The van der Waals surface area contributed by atoms with Crippen molar-refractivity contribution in [3.63, 3.8) is 0 Å². The van der Waals surface area contributed by atoms with E-state index in [-0.39, 0.29) is 17.4 Å². The van der Waals surface area contributed by atoms with Crippen molar-refractivity contribution in [1.82, 2.24) is 9.55 Å². The van der Waals surface area contributed by atoms with E-state index in [1.54, 1.807) is 12.1 Å². The zero-order valence-electron chi connectivity index (χ0n) is 20.7. The molecule has 0 saturated carbocycles. The van der Waals surface area contributed by atoms with Crippen LogP contribution >= 0.6 is 0 Å². The smallest absolute Gasteiger partial charge is 0.266 e. The lowest BCUT2D eigenvalue weighted by Gasteiger charge is -2.17. The van der Waals surface area contributed by atoms with E-state index in [4.69, 9.17) is 4.98 Å².